The molecule has 10 heavy (non-hydrogen) atoms. The van der Waals surface area contributed by atoms with Crippen LogP contribution in [0.2, 0.25) is 0 Å². The lowest BCUT2D eigenvalue weighted by Gasteiger charge is -2.16. The molecule has 0 aromatic heterocycles. The Kier molecular flexibility index (Phi) is 2.83. The van der Waals surface area contributed by atoms with Crippen LogP contribution in [0.25, 0.3) is 0 Å². The topological polar surface area (TPSA) is 34.1 Å². The van der Waals surface area contributed by atoms with Crippen LogP contribution in [-0.4, -0.2) is 19.7 Å². The summed E-state index contributed by atoms with van der Waals surface area (Å²) >= 11 is 0. The van der Waals surface area contributed by atoms with Gasteiger partial charge in [-0.2, -0.15) is 0 Å². The molecule has 0 aliphatic heterocycles. The zero-order valence-corrected chi connectivity index (χ0v) is 7.33. The summed E-state index contributed by atoms with van der Waals surface area (Å²) < 4.78 is 34.3. The van der Waals surface area contributed by atoms with E-state index in [0.29, 0.717) is 6.42 Å². The van der Waals surface area contributed by atoms with Crippen molar-refractivity contribution in [2.24, 2.45) is 0 Å². The van der Waals surface area contributed by atoms with Crippen molar-refractivity contribution in [1.82, 2.24) is 0 Å². The maximum absolute atomic E-state index is 13.0. The molecule has 0 N–H and O–H groups in total. The normalized spacial score (nSPS) is 18.4. The summed E-state index contributed by atoms with van der Waals surface area (Å²) in [5.41, 5.74) is 0. The minimum atomic E-state index is -3.53. The van der Waals surface area contributed by atoms with E-state index in [2.05, 4.69) is 0 Å². The van der Waals surface area contributed by atoms with E-state index in [1.54, 1.807) is 6.92 Å². The summed E-state index contributed by atoms with van der Waals surface area (Å²) in [6.45, 7) is 2.86. The van der Waals surface area contributed by atoms with Gasteiger partial charge < -0.3 is 0 Å². The zero-order chi connectivity index (χ0) is 8.41. The minimum absolute atomic E-state index is 0.0752. The van der Waals surface area contributed by atoms with Crippen LogP contribution in [0.3, 0.4) is 0 Å². The molecule has 0 aliphatic rings. The average molecular weight is 168 g/mol. The molecule has 0 aromatic carbocycles. The molecular weight excluding hydrogens is 155 g/mol. The maximum atomic E-state index is 13.0. The molecule has 4 heteroatoms. The van der Waals surface area contributed by atoms with Gasteiger partial charge in [-0.3, -0.25) is 0 Å². The van der Waals surface area contributed by atoms with Crippen molar-refractivity contribution in [2.45, 2.75) is 31.7 Å². The van der Waals surface area contributed by atoms with Crippen LogP contribution in [0.4, 0.5) is 4.39 Å². The number of rotatable bonds is 3. The summed E-state index contributed by atoms with van der Waals surface area (Å²) in [6.07, 6.45) is 1.54. The SMILES string of the molecule is CCCC(C)(F)S(C)(=O)=O. The Balaban J connectivity index is 4.42. The molecular formula is C6H13FO2S. The molecule has 0 rings (SSSR count). The molecule has 0 radical (unpaired) electrons. The van der Waals surface area contributed by atoms with Gasteiger partial charge >= 0.3 is 0 Å². The number of sulfone groups is 1. The van der Waals surface area contributed by atoms with Crippen LogP contribution in [0.1, 0.15) is 26.7 Å². The van der Waals surface area contributed by atoms with Crippen molar-refractivity contribution >= 4 is 9.84 Å². The number of alkyl halides is 1. The Morgan fingerprint density at radius 1 is 1.50 bits per heavy atom. The summed E-state index contributed by atoms with van der Waals surface area (Å²) in [4.78, 5) is 0. The molecule has 0 saturated carbocycles. The van der Waals surface area contributed by atoms with Gasteiger partial charge in [0.25, 0.3) is 0 Å². The number of hydrogen-bond acceptors (Lipinski definition) is 2. The van der Waals surface area contributed by atoms with Crippen molar-refractivity contribution in [2.75, 3.05) is 6.26 Å². The van der Waals surface area contributed by atoms with Gasteiger partial charge in [-0.25, -0.2) is 12.8 Å². The molecule has 0 amide bonds. The van der Waals surface area contributed by atoms with Crippen LogP contribution in [0.15, 0.2) is 0 Å². The lowest BCUT2D eigenvalue weighted by Crippen LogP contribution is -2.28. The molecule has 0 fully saturated rings. The molecule has 0 aromatic rings. The summed E-state index contributed by atoms with van der Waals surface area (Å²) in [5, 5.41) is -2.04. The molecule has 62 valence electrons. The van der Waals surface area contributed by atoms with Crippen molar-refractivity contribution < 1.29 is 12.8 Å². The van der Waals surface area contributed by atoms with Crippen molar-refractivity contribution in [3.63, 3.8) is 0 Å². The molecule has 1 atom stereocenters. The molecule has 2 nitrogen and oxygen atoms in total. The predicted molar refractivity (Wildman–Crippen MR) is 39.3 cm³/mol. The highest BCUT2D eigenvalue weighted by atomic mass is 32.2. The van der Waals surface area contributed by atoms with Crippen LogP contribution in [0, 0.1) is 0 Å². The average Bonchev–Trinajstić information content (AvgIpc) is 1.61. The van der Waals surface area contributed by atoms with Crippen molar-refractivity contribution in [3.8, 4) is 0 Å². The first-order valence-electron chi connectivity index (χ1n) is 3.20. The highest BCUT2D eigenvalue weighted by Crippen LogP contribution is 2.23. The van der Waals surface area contributed by atoms with Gasteiger partial charge in [0.1, 0.15) is 0 Å². The van der Waals surface area contributed by atoms with E-state index in [9.17, 15) is 12.8 Å². The second-order valence-corrected chi connectivity index (χ2v) is 5.02. The molecule has 0 bridgehead atoms. The Morgan fingerprint density at radius 3 is 2.00 bits per heavy atom. The first kappa shape index (κ1) is 9.88. The van der Waals surface area contributed by atoms with Gasteiger partial charge in [-0.15, -0.1) is 0 Å². The van der Waals surface area contributed by atoms with Gasteiger partial charge in [-0.05, 0) is 13.3 Å². The molecule has 0 aliphatic carbocycles. The first-order chi connectivity index (χ1) is 4.31. The quantitative estimate of drug-likeness (QED) is 0.640. The van der Waals surface area contributed by atoms with Crippen molar-refractivity contribution in [3.05, 3.63) is 0 Å². The highest BCUT2D eigenvalue weighted by Gasteiger charge is 2.33. The maximum Gasteiger partial charge on any atom is 0.207 e. The Labute approximate surface area is 61.4 Å². The molecule has 1 unspecified atom stereocenters. The van der Waals surface area contributed by atoms with Gasteiger partial charge in [0.05, 0.1) is 0 Å². The third-order valence-electron chi connectivity index (χ3n) is 1.47. The van der Waals surface area contributed by atoms with Crippen molar-refractivity contribution in [1.29, 1.82) is 0 Å². The third-order valence-corrected chi connectivity index (χ3v) is 3.22. The summed E-state index contributed by atoms with van der Waals surface area (Å²) in [7, 11) is -3.53. The van der Waals surface area contributed by atoms with Gasteiger partial charge in [0, 0.05) is 6.26 Å². The number of halogens is 1. The Morgan fingerprint density at radius 2 is 1.90 bits per heavy atom. The third kappa shape index (κ3) is 2.25. The fourth-order valence-corrected chi connectivity index (χ4v) is 1.21. The fraction of sp³-hybridized carbons (Fsp3) is 1.00. The second kappa shape index (κ2) is 2.86. The van der Waals surface area contributed by atoms with Gasteiger partial charge in [0.15, 0.2) is 9.84 Å². The molecule has 0 spiro atoms. The monoisotopic (exact) mass is 168 g/mol. The lowest BCUT2D eigenvalue weighted by molar-refractivity contribution is 0.274. The lowest BCUT2D eigenvalue weighted by atomic mass is 10.2. The standard InChI is InChI=1S/C6H13FO2S/c1-4-5-6(2,7)10(3,8)9/h4-5H2,1-3H3. The zero-order valence-electron chi connectivity index (χ0n) is 6.52. The van der Waals surface area contributed by atoms with E-state index in [-0.39, 0.29) is 6.42 Å². The summed E-state index contributed by atoms with van der Waals surface area (Å²) in [6, 6.07) is 0. The predicted octanol–water partition coefficient (Wildman–Crippen LogP) is 1.52. The van der Waals surface area contributed by atoms with E-state index in [1.165, 1.54) is 0 Å². The van der Waals surface area contributed by atoms with Crippen LogP contribution in [0.5, 0.6) is 0 Å². The van der Waals surface area contributed by atoms with E-state index in [1.807, 2.05) is 0 Å². The Hall–Kier alpha value is -0.120. The van der Waals surface area contributed by atoms with Gasteiger partial charge in [0.2, 0.25) is 5.00 Å². The van der Waals surface area contributed by atoms with Crippen LogP contribution in [-0.2, 0) is 9.84 Å². The minimum Gasteiger partial charge on any atom is -0.227 e. The Bertz CT molecular complexity index is 194. The molecule has 0 heterocycles. The van der Waals surface area contributed by atoms with E-state index < -0.39 is 14.8 Å². The number of hydrogen-bond donors (Lipinski definition) is 0. The molecule has 0 saturated heterocycles. The van der Waals surface area contributed by atoms with Crippen LogP contribution >= 0.6 is 0 Å². The smallest absolute Gasteiger partial charge is 0.207 e. The fourth-order valence-electron chi connectivity index (χ4n) is 0.632. The van der Waals surface area contributed by atoms with Crippen LogP contribution < -0.4 is 0 Å². The van der Waals surface area contributed by atoms with Gasteiger partial charge in [-0.1, -0.05) is 13.3 Å². The summed E-state index contributed by atoms with van der Waals surface area (Å²) in [5.74, 6) is 0. The largest absolute Gasteiger partial charge is 0.227 e. The first-order valence-corrected chi connectivity index (χ1v) is 5.09. The van der Waals surface area contributed by atoms with E-state index in [0.717, 1.165) is 13.2 Å². The van der Waals surface area contributed by atoms with E-state index in [4.69, 9.17) is 0 Å². The second-order valence-electron chi connectivity index (χ2n) is 2.62. The highest BCUT2D eigenvalue weighted by molar-refractivity contribution is 7.91. The van der Waals surface area contributed by atoms with E-state index >= 15 is 0 Å².